The van der Waals surface area contributed by atoms with Gasteiger partial charge in [0.2, 0.25) is 11.8 Å². The van der Waals surface area contributed by atoms with Gasteiger partial charge in [-0.05, 0) is 24.8 Å². The molecule has 2 heterocycles. The van der Waals surface area contributed by atoms with Crippen LogP contribution >= 0.6 is 0 Å². The van der Waals surface area contributed by atoms with Gasteiger partial charge in [-0.3, -0.25) is 9.59 Å². The lowest BCUT2D eigenvalue weighted by Crippen LogP contribution is -2.50. The fourth-order valence-corrected chi connectivity index (χ4v) is 3.13. The molecule has 1 atom stereocenters. The molecule has 2 saturated heterocycles. The number of ether oxygens (including phenoxy) is 1. The maximum atomic E-state index is 12.1. The van der Waals surface area contributed by atoms with Gasteiger partial charge in [0, 0.05) is 25.6 Å². The van der Waals surface area contributed by atoms with Crippen LogP contribution in [-0.2, 0) is 20.9 Å². The largest absolute Gasteiger partial charge is 0.445 e. The van der Waals surface area contributed by atoms with Crippen LogP contribution in [0.15, 0.2) is 30.3 Å². The van der Waals surface area contributed by atoms with Gasteiger partial charge in [0.1, 0.15) is 12.6 Å². The van der Waals surface area contributed by atoms with Crippen molar-refractivity contribution in [1.29, 1.82) is 0 Å². The summed E-state index contributed by atoms with van der Waals surface area (Å²) in [6.45, 7) is 1.36. The van der Waals surface area contributed by atoms with E-state index in [1.165, 1.54) is 0 Å². The number of likely N-dealkylation sites (tertiary alicyclic amines) is 1. The topological polar surface area (TPSA) is 87.7 Å². The minimum absolute atomic E-state index is 0.0307. The van der Waals surface area contributed by atoms with Crippen molar-refractivity contribution >= 4 is 17.9 Å². The van der Waals surface area contributed by atoms with E-state index in [2.05, 4.69) is 10.6 Å². The number of benzene rings is 1. The van der Waals surface area contributed by atoms with E-state index in [0.717, 1.165) is 5.56 Å². The average molecular weight is 345 g/mol. The summed E-state index contributed by atoms with van der Waals surface area (Å²) in [4.78, 5) is 37.1. The number of nitrogens with zero attached hydrogens (tertiary/aromatic N) is 1. The second kappa shape index (κ2) is 8.00. The van der Waals surface area contributed by atoms with Gasteiger partial charge in [0.05, 0.1) is 0 Å². The quantitative estimate of drug-likeness (QED) is 0.858. The highest BCUT2D eigenvalue weighted by atomic mass is 16.6. The van der Waals surface area contributed by atoms with Crippen LogP contribution in [0.3, 0.4) is 0 Å². The molecule has 2 aliphatic rings. The first-order valence-corrected chi connectivity index (χ1v) is 8.67. The molecule has 0 unspecified atom stereocenters. The molecule has 7 heteroatoms. The van der Waals surface area contributed by atoms with E-state index in [9.17, 15) is 14.4 Å². The van der Waals surface area contributed by atoms with Crippen molar-refractivity contribution in [2.45, 2.75) is 44.4 Å². The Kier molecular flexibility index (Phi) is 5.53. The molecule has 0 spiro atoms. The number of amides is 3. The Balaban J connectivity index is 1.38. The Morgan fingerprint density at radius 2 is 1.88 bits per heavy atom. The maximum Gasteiger partial charge on any atom is 0.410 e. The average Bonchev–Trinajstić information content (AvgIpc) is 3.08. The zero-order valence-corrected chi connectivity index (χ0v) is 14.1. The highest BCUT2D eigenvalue weighted by Crippen LogP contribution is 2.14. The summed E-state index contributed by atoms with van der Waals surface area (Å²) in [6.07, 6.45) is 2.01. The van der Waals surface area contributed by atoms with Crippen LogP contribution in [0.4, 0.5) is 4.79 Å². The lowest BCUT2D eigenvalue weighted by atomic mass is 10.0. The van der Waals surface area contributed by atoms with Gasteiger partial charge < -0.3 is 20.3 Å². The summed E-state index contributed by atoms with van der Waals surface area (Å²) in [5, 5.41) is 5.63. The minimum atomic E-state index is -0.415. The lowest BCUT2D eigenvalue weighted by molar-refractivity contribution is -0.126. The molecule has 134 valence electrons. The van der Waals surface area contributed by atoms with Crippen molar-refractivity contribution in [3.05, 3.63) is 35.9 Å². The third kappa shape index (κ3) is 4.71. The van der Waals surface area contributed by atoms with Gasteiger partial charge >= 0.3 is 6.09 Å². The molecular formula is C18H23N3O4. The van der Waals surface area contributed by atoms with Gasteiger partial charge in [-0.1, -0.05) is 30.3 Å². The van der Waals surface area contributed by atoms with Gasteiger partial charge in [-0.25, -0.2) is 4.79 Å². The zero-order chi connectivity index (χ0) is 17.6. The van der Waals surface area contributed by atoms with Crippen LogP contribution < -0.4 is 10.6 Å². The molecule has 2 aliphatic heterocycles. The molecule has 0 aromatic heterocycles. The number of piperidine rings is 1. The minimum Gasteiger partial charge on any atom is -0.445 e. The summed E-state index contributed by atoms with van der Waals surface area (Å²) in [7, 11) is 0. The molecule has 1 aromatic rings. The van der Waals surface area contributed by atoms with E-state index in [4.69, 9.17) is 4.74 Å². The van der Waals surface area contributed by atoms with Crippen molar-refractivity contribution in [3.63, 3.8) is 0 Å². The third-order valence-corrected chi connectivity index (χ3v) is 4.62. The smallest absolute Gasteiger partial charge is 0.410 e. The molecule has 1 aromatic carbocycles. The first-order chi connectivity index (χ1) is 12.1. The van der Waals surface area contributed by atoms with Crippen LogP contribution in [0.5, 0.6) is 0 Å². The van der Waals surface area contributed by atoms with Crippen molar-refractivity contribution in [3.8, 4) is 0 Å². The van der Waals surface area contributed by atoms with E-state index >= 15 is 0 Å². The molecule has 2 fully saturated rings. The normalized spacial score (nSPS) is 20.9. The Morgan fingerprint density at radius 1 is 1.16 bits per heavy atom. The highest BCUT2D eigenvalue weighted by molar-refractivity contribution is 5.90. The molecule has 7 nitrogen and oxygen atoms in total. The second-order valence-electron chi connectivity index (χ2n) is 6.47. The lowest BCUT2D eigenvalue weighted by Gasteiger charge is -2.32. The third-order valence-electron chi connectivity index (χ3n) is 4.62. The summed E-state index contributed by atoms with van der Waals surface area (Å²) in [5.41, 5.74) is 0.955. The van der Waals surface area contributed by atoms with Gasteiger partial charge in [0.25, 0.3) is 0 Å². The highest BCUT2D eigenvalue weighted by Gasteiger charge is 2.30. The number of carbonyl (C=O) groups is 3. The SMILES string of the molecule is O=C1CC[C@@H](C(=O)NC2CCN(C(=O)OCc3ccccc3)CC2)N1. The molecule has 25 heavy (non-hydrogen) atoms. The summed E-state index contributed by atoms with van der Waals surface area (Å²) < 4.78 is 5.33. The van der Waals surface area contributed by atoms with Crippen molar-refractivity contribution in [2.24, 2.45) is 0 Å². The van der Waals surface area contributed by atoms with E-state index in [0.29, 0.717) is 38.8 Å². The molecule has 0 radical (unpaired) electrons. The monoisotopic (exact) mass is 345 g/mol. The maximum absolute atomic E-state index is 12.1. The molecule has 0 bridgehead atoms. The molecule has 0 aliphatic carbocycles. The van der Waals surface area contributed by atoms with Gasteiger partial charge in [-0.15, -0.1) is 0 Å². The van der Waals surface area contributed by atoms with Gasteiger partial charge in [-0.2, -0.15) is 0 Å². The van der Waals surface area contributed by atoms with Gasteiger partial charge in [0.15, 0.2) is 0 Å². The van der Waals surface area contributed by atoms with Crippen LogP contribution in [0.25, 0.3) is 0 Å². The van der Waals surface area contributed by atoms with E-state index in [-0.39, 0.29) is 30.6 Å². The van der Waals surface area contributed by atoms with Crippen molar-refractivity contribution in [1.82, 2.24) is 15.5 Å². The number of rotatable bonds is 4. The summed E-state index contributed by atoms with van der Waals surface area (Å²) in [6, 6.07) is 9.17. The molecule has 0 saturated carbocycles. The van der Waals surface area contributed by atoms with Crippen LogP contribution in [0, 0.1) is 0 Å². The number of nitrogens with one attached hydrogen (secondary N) is 2. The van der Waals surface area contributed by atoms with E-state index < -0.39 is 6.04 Å². The summed E-state index contributed by atoms with van der Waals surface area (Å²) >= 11 is 0. The Labute approximate surface area is 146 Å². The predicted octanol–water partition coefficient (Wildman–Crippen LogP) is 1.18. The van der Waals surface area contributed by atoms with Crippen LogP contribution in [-0.4, -0.2) is 48.0 Å². The van der Waals surface area contributed by atoms with Crippen LogP contribution in [0.2, 0.25) is 0 Å². The molecule has 3 rings (SSSR count). The Morgan fingerprint density at radius 3 is 2.52 bits per heavy atom. The number of hydrogen-bond acceptors (Lipinski definition) is 4. The predicted molar refractivity (Wildman–Crippen MR) is 90.5 cm³/mol. The molecular weight excluding hydrogens is 322 g/mol. The number of carbonyl (C=O) groups excluding carboxylic acids is 3. The van der Waals surface area contributed by atoms with Crippen LogP contribution in [0.1, 0.15) is 31.2 Å². The van der Waals surface area contributed by atoms with Crippen molar-refractivity contribution < 1.29 is 19.1 Å². The first-order valence-electron chi connectivity index (χ1n) is 8.67. The second-order valence-corrected chi connectivity index (χ2v) is 6.47. The fraction of sp³-hybridized carbons (Fsp3) is 0.500. The Hall–Kier alpha value is -2.57. The van der Waals surface area contributed by atoms with E-state index in [1.807, 2.05) is 30.3 Å². The fourth-order valence-electron chi connectivity index (χ4n) is 3.13. The van der Waals surface area contributed by atoms with E-state index in [1.54, 1.807) is 4.90 Å². The molecule has 2 N–H and O–H groups in total. The molecule has 3 amide bonds. The number of hydrogen-bond donors (Lipinski definition) is 2. The Bertz CT molecular complexity index is 626. The standard InChI is InChI=1S/C18H23N3O4/c22-16-7-6-15(20-16)17(23)19-14-8-10-21(11-9-14)18(24)25-12-13-4-2-1-3-5-13/h1-5,14-15H,6-12H2,(H,19,23)(H,20,22)/t15-/m0/s1. The summed E-state index contributed by atoms with van der Waals surface area (Å²) in [5.74, 6) is -0.202. The zero-order valence-electron chi connectivity index (χ0n) is 14.1. The first kappa shape index (κ1) is 17.3. The van der Waals surface area contributed by atoms with Crippen molar-refractivity contribution in [2.75, 3.05) is 13.1 Å².